The summed E-state index contributed by atoms with van der Waals surface area (Å²) in [6.07, 6.45) is -0.867. The van der Waals surface area contributed by atoms with E-state index in [9.17, 15) is 9.90 Å². The normalized spacial score (nSPS) is 13.7. The van der Waals surface area contributed by atoms with Gasteiger partial charge >= 0.3 is 0 Å². The van der Waals surface area contributed by atoms with E-state index in [4.69, 9.17) is 23.2 Å². The van der Waals surface area contributed by atoms with E-state index in [0.717, 1.165) is 5.56 Å². The number of hydrogen-bond donors (Lipinski definition) is 2. The largest absolute Gasteiger partial charge is 0.387 e. The van der Waals surface area contributed by atoms with Crippen molar-refractivity contribution in [2.75, 3.05) is 6.54 Å². The number of benzene rings is 1. The van der Waals surface area contributed by atoms with Crippen LogP contribution in [0, 0.1) is 0 Å². The Labute approximate surface area is 137 Å². The first-order chi connectivity index (χ1) is 9.99. The van der Waals surface area contributed by atoms with Crippen LogP contribution in [-0.4, -0.2) is 17.6 Å². The number of rotatable bonds is 5. The minimum atomic E-state index is -0.867. The van der Waals surface area contributed by atoms with E-state index in [-0.39, 0.29) is 18.4 Å². The fourth-order valence-electron chi connectivity index (χ4n) is 1.90. The van der Waals surface area contributed by atoms with Gasteiger partial charge in [0.15, 0.2) is 0 Å². The maximum Gasteiger partial charge on any atom is 0.227 e. The van der Waals surface area contributed by atoms with Crippen molar-refractivity contribution in [1.82, 2.24) is 5.32 Å². The molecular formula is C15H15Cl2NO2S. The highest BCUT2D eigenvalue weighted by atomic mass is 35.5. The number of aliphatic hydroxyl groups is 1. The lowest BCUT2D eigenvalue weighted by Crippen LogP contribution is -2.31. The van der Waals surface area contributed by atoms with Crippen molar-refractivity contribution in [3.05, 3.63) is 56.2 Å². The zero-order chi connectivity index (χ0) is 15.4. The van der Waals surface area contributed by atoms with Crippen LogP contribution in [0.1, 0.15) is 30.1 Å². The molecule has 6 heteroatoms. The Morgan fingerprint density at radius 1 is 1.38 bits per heavy atom. The van der Waals surface area contributed by atoms with Crippen LogP contribution in [0.2, 0.25) is 10.0 Å². The Balaban J connectivity index is 1.94. The summed E-state index contributed by atoms with van der Waals surface area (Å²) in [5, 5.41) is 17.6. The molecular weight excluding hydrogens is 329 g/mol. The molecule has 0 bridgehead atoms. The smallest absolute Gasteiger partial charge is 0.227 e. The number of thiophene rings is 1. The quantitative estimate of drug-likeness (QED) is 0.861. The predicted molar refractivity (Wildman–Crippen MR) is 87.2 cm³/mol. The molecule has 0 spiro atoms. The Hall–Kier alpha value is -1.07. The van der Waals surface area contributed by atoms with Crippen molar-refractivity contribution in [3.8, 4) is 0 Å². The van der Waals surface area contributed by atoms with Gasteiger partial charge < -0.3 is 10.4 Å². The Kier molecular flexibility index (Phi) is 5.65. The van der Waals surface area contributed by atoms with Crippen LogP contribution in [0.3, 0.4) is 0 Å². The predicted octanol–water partition coefficient (Wildman–Crippen LogP) is 4.01. The Bertz CT molecular complexity index is 616. The molecule has 1 heterocycles. The van der Waals surface area contributed by atoms with Gasteiger partial charge in [0.25, 0.3) is 0 Å². The van der Waals surface area contributed by atoms with E-state index in [2.05, 4.69) is 5.32 Å². The summed E-state index contributed by atoms with van der Waals surface area (Å²) in [4.78, 5) is 12.0. The highest BCUT2D eigenvalue weighted by Gasteiger charge is 2.18. The minimum absolute atomic E-state index is 0.106. The second-order valence-corrected chi connectivity index (χ2v) is 6.33. The van der Waals surface area contributed by atoms with E-state index >= 15 is 0 Å². The molecule has 0 aliphatic rings. The molecule has 1 amide bonds. The van der Waals surface area contributed by atoms with Gasteiger partial charge in [0, 0.05) is 22.2 Å². The summed E-state index contributed by atoms with van der Waals surface area (Å²) in [6.45, 7) is 1.94. The summed E-state index contributed by atoms with van der Waals surface area (Å²) >= 11 is 13.4. The Morgan fingerprint density at radius 3 is 2.76 bits per heavy atom. The van der Waals surface area contributed by atoms with Crippen molar-refractivity contribution < 1.29 is 9.90 Å². The highest BCUT2D eigenvalue weighted by molar-refractivity contribution is 7.08. The van der Waals surface area contributed by atoms with Crippen LogP contribution in [0.4, 0.5) is 0 Å². The first-order valence-corrected chi connectivity index (χ1v) is 8.11. The number of hydrogen-bond acceptors (Lipinski definition) is 3. The lowest BCUT2D eigenvalue weighted by molar-refractivity contribution is -0.122. The fraction of sp³-hybridized carbons (Fsp3) is 0.267. The van der Waals surface area contributed by atoms with E-state index in [1.54, 1.807) is 29.5 Å². The van der Waals surface area contributed by atoms with Crippen molar-refractivity contribution in [2.24, 2.45) is 0 Å². The summed E-state index contributed by atoms with van der Waals surface area (Å²) < 4.78 is 0. The van der Waals surface area contributed by atoms with Crippen LogP contribution < -0.4 is 5.32 Å². The average Bonchev–Trinajstić information content (AvgIpc) is 2.97. The molecule has 0 radical (unpaired) electrons. The average molecular weight is 344 g/mol. The number of carbonyl (C=O) groups excluding carboxylic acids is 1. The molecule has 1 aromatic carbocycles. The third kappa shape index (κ3) is 4.20. The van der Waals surface area contributed by atoms with Crippen molar-refractivity contribution in [3.63, 3.8) is 0 Å². The molecule has 3 nitrogen and oxygen atoms in total. The molecule has 0 aliphatic heterocycles. The number of carbonyl (C=O) groups is 1. The first kappa shape index (κ1) is 16.3. The maximum absolute atomic E-state index is 12.0. The maximum atomic E-state index is 12.0. The van der Waals surface area contributed by atoms with Gasteiger partial charge in [-0.05, 0) is 41.4 Å². The molecule has 2 rings (SSSR count). The highest BCUT2D eigenvalue weighted by Crippen LogP contribution is 2.26. The van der Waals surface area contributed by atoms with Crippen LogP contribution >= 0.6 is 34.5 Å². The van der Waals surface area contributed by atoms with Gasteiger partial charge in [-0.15, -0.1) is 0 Å². The molecule has 21 heavy (non-hydrogen) atoms. The van der Waals surface area contributed by atoms with Gasteiger partial charge in [-0.2, -0.15) is 11.3 Å². The lowest BCUT2D eigenvalue weighted by atomic mass is 10.0. The third-order valence-corrected chi connectivity index (χ3v) is 4.49. The standard InChI is InChI=1S/C15H15Cl2NO2S/c1-9(10-4-5-21-8-10)15(20)18-7-14(19)12-3-2-11(16)6-13(12)17/h2-6,8-9,14,19H,7H2,1H3,(H,18,20). The molecule has 2 atom stereocenters. The lowest BCUT2D eigenvalue weighted by Gasteiger charge is -2.16. The van der Waals surface area contributed by atoms with Gasteiger partial charge in [-0.25, -0.2) is 0 Å². The molecule has 112 valence electrons. The second kappa shape index (κ2) is 7.27. The van der Waals surface area contributed by atoms with Gasteiger partial charge in [-0.1, -0.05) is 29.3 Å². The first-order valence-electron chi connectivity index (χ1n) is 6.42. The van der Waals surface area contributed by atoms with Gasteiger partial charge in [0.2, 0.25) is 5.91 Å². The second-order valence-electron chi connectivity index (χ2n) is 4.71. The molecule has 2 N–H and O–H groups in total. The van der Waals surface area contributed by atoms with E-state index in [0.29, 0.717) is 15.6 Å². The molecule has 0 fully saturated rings. The van der Waals surface area contributed by atoms with Crippen LogP contribution in [0.5, 0.6) is 0 Å². The summed E-state index contributed by atoms with van der Waals surface area (Å²) in [5.41, 5.74) is 1.51. The van der Waals surface area contributed by atoms with Gasteiger partial charge in [0.05, 0.1) is 12.0 Å². The van der Waals surface area contributed by atoms with Crippen molar-refractivity contribution >= 4 is 40.4 Å². The fourth-order valence-corrected chi connectivity index (χ4v) is 3.19. The zero-order valence-corrected chi connectivity index (χ0v) is 13.7. The molecule has 0 saturated carbocycles. The zero-order valence-electron chi connectivity index (χ0n) is 11.3. The number of nitrogens with one attached hydrogen (secondary N) is 1. The van der Waals surface area contributed by atoms with E-state index in [1.165, 1.54) is 0 Å². The van der Waals surface area contributed by atoms with Gasteiger partial charge in [-0.3, -0.25) is 4.79 Å². The van der Waals surface area contributed by atoms with E-state index < -0.39 is 6.10 Å². The topological polar surface area (TPSA) is 49.3 Å². The summed E-state index contributed by atoms with van der Waals surface area (Å²) in [6, 6.07) is 6.80. The molecule has 2 unspecified atom stereocenters. The van der Waals surface area contributed by atoms with E-state index in [1.807, 2.05) is 23.8 Å². The number of amides is 1. The Morgan fingerprint density at radius 2 is 2.14 bits per heavy atom. The summed E-state index contributed by atoms with van der Waals surface area (Å²) in [7, 11) is 0. The molecule has 0 aliphatic carbocycles. The number of aliphatic hydroxyl groups excluding tert-OH is 1. The van der Waals surface area contributed by atoms with Gasteiger partial charge in [0.1, 0.15) is 0 Å². The molecule has 2 aromatic rings. The summed E-state index contributed by atoms with van der Waals surface area (Å²) in [5.74, 6) is -0.373. The third-order valence-electron chi connectivity index (χ3n) is 3.23. The van der Waals surface area contributed by atoms with Crippen LogP contribution in [0.15, 0.2) is 35.0 Å². The molecule has 1 aromatic heterocycles. The van der Waals surface area contributed by atoms with Crippen molar-refractivity contribution in [1.29, 1.82) is 0 Å². The number of halogens is 2. The minimum Gasteiger partial charge on any atom is -0.387 e. The van der Waals surface area contributed by atoms with Crippen molar-refractivity contribution in [2.45, 2.75) is 18.9 Å². The molecule has 0 saturated heterocycles. The monoisotopic (exact) mass is 343 g/mol. The van der Waals surface area contributed by atoms with Crippen LogP contribution in [0.25, 0.3) is 0 Å². The van der Waals surface area contributed by atoms with Crippen LogP contribution in [-0.2, 0) is 4.79 Å². The SMILES string of the molecule is CC(C(=O)NCC(O)c1ccc(Cl)cc1Cl)c1ccsc1.